The monoisotopic (exact) mass is 673 g/mol. The minimum absolute atomic E-state index is 0.0430. The molecule has 4 aromatic rings. The summed E-state index contributed by atoms with van der Waals surface area (Å²) in [4.78, 5) is 41.5. The van der Waals surface area contributed by atoms with Gasteiger partial charge in [0.25, 0.3) is 5.56 Å². The zero-order valence-corrected chi connectivity index (χ0v) is 25.3. The number of rotatable bonds is 6. The minimum atomic E-state index is -4.92. The first kappa shape index (κ1) is 31.2. The average Bonchev–Trinajstić information content (AvgIpc) is 3.21. The molecule has 0 bridgehead atoms. The molecule has 0 saturated carbocycles. The van der Waals surface area contributed by atoms with Crippen LogP contribution in [0.4, 0.5) is 22.4 Å². The van der Waals surface area contributed by atoms with Crippen LogP contribution in [0.2, 0.25) is 0 Å². The molecule has 10 nitrogen and oxygen atoms in total. The fraction of sp³-hybridized carbons (Fsp3) is 0.346. The van der Waals surface area contributed by atoms with Crippen molar-refractivity contribution in [2.24, 2.45) is 0 Å². The number of methoxy groups -OCH3 is 1. The number of benzene rings is 1. The number of fused-ring (bicyclic) bond motifs is 1. The first-order chi connectivity index (χ1) is 19.5. The number of amides is 1. The first-order valence-corrected chi connectivity index (χ1v) is 13.8. The van der Waals surface area contributed by atoms with Crippen LogP contribution in [0.25, 0.3) is 16.0 Å². The summed E-state index contributed by atoms with van der Waals surface area (Å²) in [6.45, 7) is 4.00. The number of nitrogens with zero attached hydrogens (tertiary/aromatic N) is 5. The molecule has 0 atom stereocenters. The molecule has 0 unspecified atom stereocenters. The lowest BCUT2D eigenvalue weighted by Crippen LogP contribution is -2.40. The summed E-state index contributed by atoms with van der Waals surface area (Å²) < 4.78 is 68.6. The third-order valence-electron chi connectivity index (χ3n) is 5.93. The van der Waals surface area contributed by atoms with E-state index >= 15 is 0 Å². The fourth-order valence-corrected chi connectivity index (χ4v) is 5.86. The number of aromatic nitrogens is 4. The quantitative estimate of drug-likeness (QED) is 0.254. The van der Waals surface area contributed by atoms with E-state index in [1.807, 2.05) is 0 Å². The molecule has 0 N–H and O–H groups in total. The van der Waals surface area contributed by atoms with Gasteiger partial charge in [0.1, 0.15) is 16.2 Å². The first-order valence-electron chi connectivity index (χ1n) is 12.2. The smallest absolute Gasteiger partial charge is 0.416 e. The van der Waals surface area contributed by atoms with Gasteiger partial charge in [-0.25, -0.2) is 18.5 Å². The van der Waals surface area contributed by atoms with Gasteiger partial charge in [0.2, 0.25) is 5.88 Å². The van der Waals surface area contributed by atoms with Gasteiger partial charge in [-0.2, -0.15) is 13.2 Å². The fourth-order valence-electron chi connectivity index (χ4n) is 4.05. The molecular formula is C26H24BrF4N5O5S. The summed E-state index contributed by atoms with van der Waals surface area (Å²) in [5, 5.41) is 7.55. The van der Waals surface area contributed by atoms with Crippen LogP contribution in [-0.2, 0) is 24.0 Å². The van der Waals surface area contributed by atoms with Crippen LogP contribution in [-0.4, -0.2) is 50.1 Å². The zero-order chi connectivity index (χ0) is 31.1. The van der Waals surface area contributed by atoms with Gasteiger partial charge < -0.3 is 14.4 Å². The number of alkyl halides is 3. The molecule has 3 aromatic heterocycles. The lowest BCUT2D eigenvalue weighted by Gasteiger charge is -2.24. The maximum absolute atomic E-state index is 14.9. The van der Waals surface area contributed by atoms with Crippen molar-refractivity contribution in [3.63, 3.8) is 0 Å². The largest absolute Gasteiger partial charge is 0.480 e. The molecule has 3 heterocycles. The molecule has 224 valence electrons. The van der Waals surface area contributed by atoms with E-state index in [1.165, 1.54) is 31.2 Å². The van der Waals surface area contributed by atoms with Crippen LogP contribution in [0.5, 0.6) is 5.88 Å². The van der Waals surface area contributed by atoms with Crippen molar-refractivity contribution in [1.82, 2.24) is 24.2 Å². The molecular weight excluding hydrogens is 650 g/mol. The lowest BCUT2D eigenvalue weighted by molar-refractivity contribution is -0.138. The molecule has 0 spiro atoms. The number of carbonyl (C=O) groups excluding carboxylic acids is 1. The molecule has 0 radical (unpaired) electrons. The van der Waals surface area contributed by atoms with E-state index in [4.69, 9.17) is 9.47 Å². The van der Waals surface area contributed by atoms with Crippen LogP contribution < -0.4 is 16.0 Å². The number of hydrogen-bond acceptors (Lipinski definition) is 8. The molecule has 0 aliphatic rings. The molecule has 4 rings (SSSR count). The zero-order valence-electron chi connectivity index (χ0n) is 22.9. The Balaban J connectivity index is 2.00. The highest BCUT2D eigenvalue weighted by molar-refractivity contribution is 9.11. The van der Waals surface area contributed by atoms with Gasteiger partial charge in [-0.3, -0.25) is 9.36 Å². The summed E-state index contributed by atoms with van der Waals surface area (Å²) in [5.74, 6) is -1.36. The third kappa shape index (κ3) is 6.18. The Kier molecular flexibility index (Phi) is 8.51. The Morgan fingerprint density at radius 1 is 1.10 bits per heavy atom. The highest BCUT2D eigenvalue weighted by Crippen LogP contribution is 2.37. The summed E-state index contributed by atoms with van der Waals surface area (Å²) >= 11 is 4.24. The Bertz CT molecular complexity index is 1780. The Morgan fingerprint density at radius 2 is 1.79 bits per heavy atom. The Labute approximate surface area is 248 Å². The van der Waals surface area contributed by atoms with Gasteiger partial charge in [-0.05, 0) is 54.9 Å². The molecule has 0 aliphatic heterocycles. The number of thiophene rings is 1. The van der Waals surface area contributed by atoms with Crippen molar-refractivity contribution < 1.29 is 31.8 Å². The van der Waals surface area contributed by atoms with E-state index in [1.54, 1.807) is 20.8 Å². The third-order valence-corrected chi connectivity index (χ3v) is 7.94. The SMILES string of the molecule is COc1ccc(-n2c(=O)c3c(CN(C)C(=O)OC(C)(C)C)c(Br)sc3n(Cc3c(F)cccc3C(F)(F)F)c2=O)nn1. The van der Waals surface area contributed by atoms with E-state index in [-0.39, 0.29) is 34.0 Å². The van der Waals surface area contributed by atoms with Gasteiger partial charge in [-0.1, -0.05) is 6.07 Å². The highest BCUT2D eigenvalue weighted by atomic mass is 79.9. The van der Waals surface area contributed by atoms with E-state index in [0.717, 1.165) is 28.0 Å². The van der Waals surface area contributed by atoms with Crippen molar-refractivity contribution in [2.45, 2.75) is 45.6 Å². The van der Waals surface area contributed by atoms with Crippen molar-refractivity contribution in [3.8, 4) is 11.7 Å². The second-order valence-electron chi connectivity index (χ2n) is 10.1. The summed E-state index contributed by atoms with van der Waals surface area (Å²) in [6, 6.07) is 5.08. The van der Waals surface area contributed by atoms with Crippen molar-refractivity contribution in [3.05, 3.63) is 77.5 Å². The van der Waals surface area contributed by atoms with E-state index < -0.39 is 52.6 Å². The molecule has 42 heavy (non-hydrogen) atoms. The lowest BCUT2D eigenvalue weighted by atomic mass is 10.1. The molecule has 0 saturated heterocycles. The van der Waals surface area contributed by atoms with Crippen LogP contribution in [0.15, 0.2) is 43.7 Å². The van der Waals surface area contributed by atoms with E-state index in [0.29, 0.717) is 14.4 Å². The number of halogens is 5. The van der Waals surface area contributed by atoms with Crippen molar-refractivity contribution in [2.75, 3.05) is 14.2 Å². The van der Waals surface area contributed by atoms with Crippen LogP contribution in [0.3, 0.4) is 0 Å². The molecule has 0 fully saturated rings. The second kappa shape index (κ2) is 11.5. The van der Waals surface area contributed by atoms with Gasteiger partial charge in [-0.15, -0.1) is 21.5 Å². The summed E-state index contributed by atoms with van der Waals surface area (Å²) in [7, 11) is 2.76. The number of carbonyl (C=O) groups is 1. The molecule has 0 aliphatic carbocycles. The van der Waals surface area contributed by atoms with E-state index in [9.17, 15) is 31.9 Å². The Morgan fingerprint density at radius 3 is 2.36 bits per heavy atom. The number of hydrogen-bond donors (Lipinski definition) is 0. The summed E-state index contributed by atoms with van der Waals surface area (Å²) in [5.41, 5.74) is -4.58. The molecule has 1 amide bonds. The molecule has 1 aromatic carbocycles. The predicted molar refractivity (Wildman–Crippen MR) is 150 cm³/mol. The second-order valence-corrected chi connectivity index (χ2v) is 12.4. The van der Waals surface area contributed by atoms with Gasteiger partial charge in [0.15, 0.2) is 5.82 Å². The highest BCUT2D eigenvalue weighted by Gasteiger charge is 2.35. The topological polar surface area (TPSA) is 109 Å². The predicted octanol–water partition coefficient (Wildman–Crippen LogP) is 5.35. The van der Waals surface area contributed by atoms with Gasteiger partial charge >= 0.3 is 18.0 Å². The normalized spacial score (nSPS) is 12.0. The number of ether oxygens (including phenoxy) is 2. The van der Waals surface area contributed by atoms with Gasteiger partial charge in [0, 0.05) is 24.2 Å². The standard InChI is InChI=1S/C26H24BrF4N5O5S/c1-25(2,3)41-24(39)34(4)11-14-19-21(37)36(17-9-10-18(40-5)33-32-17)23(38)35(22(19)42-20(14)27)12-13-15(26(29,30)31)7-6-8-16(13)28/h6-10H,11-12H2,1-5H3. The van der Waals surface area contributed by atoms with Crippen LogP contribution in [0.1, 0.15) is 37.5 Å². The van der Waals surface area contributed by atoms with Crippen molar-refractivity contribution >= 4 is 43.6 Å². The average molecular weight is 674 g/mol. The molecule has 16 heteroatoms. The Hall–Kier alpha value is -3.79. The van der Waals surface area contributed by atoms with Crippen molar-refractivity contribution in [1.29, 1.82) is 0 Å². The van der Waals surface area contributed by atoms with E-state index in [2.05, 4.69) is 26.1 Å². The van der Waals surface area contributed by atoms with Crippen LogP contribution >= 0.6 is 27.3 Å². The van der Waals surface area contributed by atoms with Gasteiger partial charge in [0.05, 0.1) is 34.9 Å². The maximum Gasteiger partial charge on any atom is 0.416 e. The van der Waals surface area contributed by atoms with Crippen LogP contribution in [0, 0.1) is 5.82 Å². The summed E-state index contributed by atoms with van der Waals surface area (Å²) in [6.07, 6.45) is -5.63. The maximum atomic E-state index is 14.9. The minimum Gasteiger partial charge on any atom is -0.480 e.